The first-order chi connectivity index (χ1) is 23.3. The number of aliphatic imine (C=N–C) groups is 1. The summed E-state index contributed by atoms with van der Waals surface area (Å²) in [5.41, 5.74) is 2.60. The Balaban J connectivity index is 1.65. The Morgan fingerprint density at radius 1 is 1.10 bits per heavy atom. The molecule has 9 nitrogen and oxygen atoms in total. The van der Waals surface area contributed by atoms with Crippen LogP contribution < -0.4 is 14.8 Å². The van der Waals surface area contributed by atoms with Crippen molar-refractivity contribution >= 4 is 63.3 Å². The number of hydrogen-bond acceptors (Lipinski definition) is 7. The van der Waals surface area contributed by atoms with E-state index in [-0.39, 0.29) is 29.0 Å². The highest BCUT2D eigenvalue weighted by atomic mass is 127. The third-order valence-electron chi connectivity index (χ3n) is 6.84. The van der Waals surface area contributed by atoms with E-state index in [2.05, 4.69) is 16.9 Å². The first-order valence-corrected chi connectivity index (χ1v) is 17.0. The number of amidine groups is 1. The Hall–Kier alpha value is -4.93. The van der Waals surface area contributed by atoms with Gasteiger partial charge in [0.1, 0.15) is 11.6 Å². The molecule has 0 bridgehead atoms. The predicted molar refractivity (Wildman–Crippen MR) is 197 cm³/mol. The minimum Gasteiger partial charge on any atom is -0.490 e. The number of carbonyl (C=O) groups is 3. The smallest absolute Gasteiger partial charge is 0.285 e. The van der Waals surface area contributed by atoms with E-state index in [0.717, 1.165) is 22.9 Å². The average molecular weight is 773 g/mol. The fraction of sp³-hybridized carbons (Fsp3) is 0.162. The van der Waals surface area contributed by atoms with E-state index in [4.69, 9.17) is 14.7 Å². The standard InChI is InChI=1S/C37H33IN4O5S/c1-4-7-18-28(5-2)42-36(45)29(21-25-22-30(38)34(47-20-19-39)31(23-25)46-6-3)35(44)41-37(42)48-24-32(43)40-33(26-14-10-8-11-15-26)27-16-12-9-13-17-27/h4-5,7-18,21-23,33H,1,6,20,24H2,2-3H3,(H,40,43)/b18-7-,28-5+,29-21+. The third kappa shape index (κ3) is 9.11. The number of amides is 3. The van der Waals surface area contributed by atoms with Crippen molar-refractivity contribution in [1.29, 1.82) is 5.26 Å². The van der Waals surface area contributed by atoms with Crippen LogP contribution in [0, 0.1) is 14.9 Å². The van der Waals surface area contributed by atoms with Crippen molar-refractivity contribution in [2.75, 3.05) is 19.0 Å². The molecule has 0 unspecified atom stereocenters. The molecule has 3 aromatic rings. The molecule has 48 heavy (non-hydrogen) atoms. The molecule has 244 valence electrons. The first kappa shape index (κ1) is 35.9. The fourth-order valence-corrected chi connectivity index (χ4v) is 6.33. The number of nitriles is 1. The van der Waals surface area contributed by atoms with Crippen molar-refractivity contribution in [3.63, 3.8) is 0 Å². The van der Waals surface area contributed by atoms with E-state index in [9.17, 15) is 14.4 Å². The zero-order valence-electron chi connectivity index (χ0n) is 26.4. The summed E-state index contributed by atoms with van der Waals surface area (Å²) in [6.45, 7) is 7.45. The van der Waals surface area contributed by atoms with Crippen molar-refractivity contribution in [3.8, 4) is 17.6 Å². The van der Waals surface area contributed by atoms with Crippen LogP contribution in [0.2, 0.25) is 0 Å². The van der Waals surface area contributed by atoms with Gasteiger partial charge in [0.05, 0.1) is 22.0 Å². The molecular weight excluding hydrogens is 739 g/mol. The van der Waals surface area contributed by atoms with Crippen LogP contribution in [0.1, 0.15) is 36.6 Å². The van der Waals surface area contributed by atoms with Gasteiger partial charge < -0.3 is 14.8 Å². The second kappa shape index (κ2) is 17.8. The van der Waals surface area contributed by atoms with E-state index >= 15 is 0 Å². The Morgan fingerprint density at radius 3 is 2.35 bits per heavy atom. The van der Waals surface area contributed by atoms with Crippen molar-refractivity contribution in [3.05, 3.63) is 135 Å². The second-order valence-electron chi connectivity index (χ2n) is 10.0. The monoisotopic (exact) mass is 772 g/mol. The molecule has 1 N–H and O–H groups in total. The number of ether oxygens (including phenoxy) is 2. The van der Waals surface area contributed by atoms with Gasteiger partial charge in [-0.3, -0.25) is 19.3 Å². The van der Waals surface area contributed by atoms with Gasteiger partial charge in [0.15, 0.2) is 23.3 Å². The summed E-state index contributed by atoms with van der Waals surface area (Å²) in [4.78, 5) is 46.4. The topological polar surface area (TPSA) is 121 Å². The molecule has 0 fully saturated rings. The zero-order valence-corrected chi connectivity index (χ0v) is 29.4. The lowest BCUT2D eigenvalue weighted by molar-refractivity contribution is -0.126. The lowest BCUT2D eigenvalue weighted by Gasteiger charge is -2.28. The maximum Gasteiger partial charge on any atom is 0.285 e. The van der Waals surface area contributed by atoms with Crippen LogP contribution in [0.3, 0.4) is 0 Å². The van der Waals surface area contributed by atoms with Gasteiger partial charge in [-0.15, -0.1) is 0 Å². The minimum absolute atomic E-state index is 0.0694. The van der Waals surface area contributed by atoms with Crippen molar-refractivity contribution < 1.29 is 23.9 Å². The maximum absolute atomic E-state index is 14.1. The Morgan fingerprint density at radius 2 is 1.77 bits per heavy atom. The van der Waals surface area contributed by atoms with Crippen LogP contribution in [0.5, 0.6) is 11.5 Å². The Labute approximate surface area is 297 Å². The molecule has 0 aliphatic carbocycles. The second-order valence-corrected chi connectivity index (χ2v) is 12.1. The van der Waals surface area contributed by atoms with Gasteiger partial charge in [-0.2, -0.15) is 10.3 Å². The molecular formula is C37H33IN4O5S. The van der Waals surface area contributed by atoms with E-state index in [0.29, 0.717) is 32.9 Å². The molecule has 0 atom stereocenters. The number of benzene rings is 3. The number of hydrogen-bond donors (Lipinski definition) is 1. The number of halogens is 1. The molecule has 3 aromatic carbocycles. The average Bonchev–Trinajstić information content (AvgIpc) is 3.09. The SMILES string of the molecule is C=C/C=C\C(=C/C)N1C(=O)/C(=C/c2cc(I)c(OCC#N)c(OCC)c2)C(=O)N=C1SCC(=O)NC(c1ccccc1)c1ccccc1. The summed E-state index contributed by atoms with van der Waals surface area (Å²) in [6.07, 6.45) is 8.06. The van der Waals surface area contributed by atoms with Crippen molar-refractivity contribution in [2.24, 2.45) is 4.99 Å². The quantitative estimate of drug-likeness (QED) is 0.0862. The molecule has 0 saturated heterocycles. The van der Waals surface area contributed by atoms with E-state index in [1.165, 1.54) is 11.0 Å². The van der Waals surface area contributed by atoms with Gasteiger partial charge in [0, 0.05) is 5.70 Å². The van der Waals surface area contributed by atoms with Crippen molar-refractivity contribution in [1.82, 2.24) is 10.2 Å². The van der Waals surface area contributed by atoms with Gasteiger partial charge in [-0.05, 0) is 77.4 Å². The molecule has 4 rings (SSSR count). The first-order valence-electron chi connectivity index (χ1n) is 14.9. The van der Waals surface area contributed by atoms with Crippen LogP contribution in [-0.4, -0.2) is 46.8 Å². The van der Waals surface area contributed by atoms with Crippen LogP contribution >= 0.6 is 34.4 Å². The van der Waals surface area contributed by atoms with E-state index < -0.39 is 17.9 Å². The van der Waals surface area contributed by atoms with Crippen molar-refractivity contribution in [2.45, 2.75) is 19.9 Å². The van der Waals surface area contributed by atoms with Gasteiger partial charge >= 0.3 is 0 Å². The summed E-state index contributed by atoms with van der Waals surface area (Å²) >= 11 is 3.04. The summed E-state index contributed by atoms with van der Waals surface area (Å²) < 4.78 is 11.9. The molecule has 0 aromatic heterocycles. The normalized spacial score (nSPS) is 14.2. The molecule has 11 heteroatoms. The Bertz CT molecular complexity index is 1790. The van der Waals surface area contributed by atoms with Gasteiger partial charge in [-0.25, -0.2) is 0 Å². The summed E-state index contributed by atoms with van der Waals surface area (Å²) in [5.74, 6) is -0.992. The molecule has 0 spiro atoms. The summed E-state index contributed by atoms with van der Waals surface area (Å²) in [7, 11) is 0. The summed E-state index contributed by atoms with van der Waals surface area (Å²) in [6, 6.07) is 24.1. The van der Waals surface area contributed by atoms with Gasteiger partial charge in [0.25, 0.3) is 11.8 Å². The zero-order chi connectivity index (χ0) is 34.5. The van der Waals surface area contributed by atoms with Crippen LogP contribution in [-0.2, 0) is 14.4 Å². The lowest BCUT2D eigenvalue weighted by Crippen LogP contribution is -2.42. The van der Waals surface area contributed by atoms with Crippen LogP contribution in [0.4, 0.5) is 0 Å². The van der Waals surface area contributed by atoms with E-state index in [1.807, 2.05) is 96.2 Å². The number of allylic oxidation sites excluding steroid dienone is 4. The number of rotatable bonds is 13. The third-order valence-corrected chi connectivity index (χ3v) is 8.58. The highest BCUT2D eigenvalue weighted by Crippen LogP contribution is 2.36. The van der Waals surface area contributed by atoms with E-state index in [1.54, 1.807) is 43.4 Å². The van der Waals surface area contributed by atoms with Crippen LogP contribution in [0.15, 0.2) is 120 Å². The molecule has 1 heterocycles. The minimum atomic E-state index is -0.744. The number of nitrogens with zero attached hydrogens (tertiary/aromatic N) is 3. The number of thioether (sulfide) groups is 1. The van der Waals surface area contributed by atoms with Gasteiger partial charge in [-0.1, -0.05) is 97.2 Å². The van der Waals surface area contributed by atoms with Crippen LogP contribution in [0.25, 0.3) is 6.08 Å². The lowest BCUT2D eigenvalue weighted by atomic mass is 9.99. The highest BCUT2D eigenvalue weighted by molar-refractivity contribution is 14.1. The molecule has 1 aliphatic heterocycles. The number of nitrogens with one attached hydrogen (secondary N) is 1. The molecule has 0 radical (unpaired) electrons. The highest BCUT2D eigenvalue weighted by Gasteiger charge is 2.35. The molecule has 1 aliphatic rings. The molecule has 3 amide bonds. The maximum atomic E-state index is 14.1. The summed E-state index contributed by atoms with van der Waals surface area (Å²) in [5, 5.41) is 12.1. The fourth-order valence-electron chi connectivity index (χ4n) is 4.74. The predicted octanol–water partition coefficient (Wildman–Crippen LogP) is 6.99. The van der Waals surface area contributed by atoms with Gasteiger partial charge in [0.2, 0.25) is 5.91 Å². The largest absolute Gasteiger partial charge is 0.490 e. The number of carbonyl (C=O) groups excluding carboxylic acids is 3. The Kier molecular flexibility index (Phi) is 13.3. The molecule has 0 saturated carbocycles.